The first-order valence-corrected chi connectivity index (χ1v) is 6.04. The van der Waals surface area contributed by atoms with E-state index in [1.165, 1.54) is 0 Å². The summed E-state index contributed by atoms with van der Waals surface area (Å²) in [7, 11) is 0. The van der Waals surface area contributed by atoms with Gasteiger partial charge in [-0.3, -0.25) is 9.59 Å². The van der Waals surface area contributed by atoms with E-state index in [0.29, 0.717) is 11.1 Å². The Bertz CT molecular complexity index is 618. The van der Waals surface area contributed by atoms with Gasteiger partial charge < -0.3 is 10.0 Å². The van der Waals surface area contributed by atoms with Crippen LogP contribution in [-0.4, -0.2) is 40.3 Å². The van der Waals surface area contributed by atoms with Crippen molar-refractivity contribution in [3.05, 3.63) is 35.4 Å². The molecule has 0 radical (unpaired) electrons. The number of hydrogen-bond donors (Lipinski definition) is 1. The van der Waals surface area contributed by atoms with Crippen molar-refractivity contribution < 1.29 is 19.5 Å². The smallest absolute Gasteiger partial charge is 0.326 e. The standard InChI is InChI=1S/C14H12N2O4/c15-7-10-3-1-2-9(4-10)5-12(14(19)20)16-8-11(17)6-13(16)18/h1-4,12H,5-6,8H2,(H,19,20)/t12-/m0/s1. The van der Waals surface area contributed by atoms with E-state index < -0.39 is 17.9 Å². The van der Waals surface area contributed by atoms with Crippen LogP contribution in [0.1, 0.15) is 17.5 Å². The Hall–Kier alpha value is -2.68. The van der Waals surface area contributed by atoms with E-state index >= 15 is 0 Å². The third kappa shape index (κ3) is 2.83. The molecule has 1 N–H and O–H groups in total. The molecule has 1 aliphatic rings. The Labute approximate surface area is 115 Å². The van der Waals surface area contributed by atoms with Crippen molar-refractivity contribution in [3.63, 3.8) is 0 Å². The number of carbonyl (C=O) groups excluding carboxylic acids is 2. The highest BCUT2D eigenvalue weighted by Gasteiger charge is 2.36. The summed E-state index contributed by atoms with van der Waals surface area (Å²) in [6.07, 6.45) is -0.161. The number of Topliss-reactive ketones (excluding diaryl/α,β-unsaturated/α-hetero) is 1. The van der Waals surface area contributed by atoms with Crippen LogP contribution in [0.15, 0.2) is 24.3 Å². The minimum atomic E-state index is -1.16. The van der Waals surface area contributed by atoms with Gasteiger partial charge in [-0.25, -0.2) is 4.79 Å². The average molecular weight is 272 g/mol. The number of ketones is 1. The molecule has 1 atom stereocenters. The highest BCUT2D eigenvalue weighted by atomic mass is 16.4. The molecular weight excluding hydrogens is 260 g/mol. The van der Waals surface area contributed by atoms with Crippen molar-refractivity contribution in [3.8, 4) is 6.07 Å². The summed E-state index contributed by atoms with van der Waals surface area (Å²) in [5.74, 6) is -1.89. The largest absolute Gasteiger partial charge is 0.480 e. The molecule has 6 nitrogen and oxygen atoms in total. The van der Waals surface area contributed by atoms with E-state index in [0.717, 1.165) is 4.90 Å². The van der Waals surface area contributed by atoms with E-state index in [-0.39, 0.29) is 25.2 Å². The number of likely N-dealkylation sites (tertiary alicyclic amines) is 1. The van der Waals surface area contributed by atoms with E-state index in [4.69, 9.17) is 5.26 Å². The van der Waals surface area contributed by atoms with Crippen molar-refractivity contribution in [1.82, 2.24) is 4.90 Å². The number of hydrogen-bond acceptors (Lipinski definition) is 4. The van der Waals surface area contributed by atoms with Gasteiger partial charge in [0.25, 0.3) is 0 Å². The molecule has 1 heterocycles. The summed E-state index contributed by atoms with van der Waals surface area (Å²) in [4.78, 5) is 35.3. The maximum atomic E-state index is 11.6. The van der Waals surface area contributed by atoms with Gasteiger partial charge in [0.15, 0.2) is 5.78 Å². The number of amides is 1. The summed E-state index contributed by atoms with van der Waals surface area (Å²) in [5, 5.41) is 18.1. The first kappa shape index (κ1) is 13.7. The normalized spacial score (nSPS) is 16.1. The fourth-order valence-electron chi connectivity index (χ4n) is 2.21. The molecular formula is C14H12N2O4. The van der Waals surface area contributed by atoms with Crippen LogP contribution in [0.3, 0.4) is 0 Å². The molecule has 1 amide bonds. The SMILES string of the molecule is N#Cc1cccc(C[C@@H](C(=O)O)N2CC(=O)CC2=O)c1. The minimum absolute atomic E-state index is 0.0733. The van der Waals surface area contributed by atoms with Crippen LogP contribution >= 0.6 is 0 Å². The lowest BCUT2D eigenvalue weighted by atomic mass is 10.0. The van der Waals surface area contributed by atoms with Gasteiger partial charge in [0.1, 0.15) is 6.04 Å². The number of carbonyl (C=O) groups is 3. The van der Waals surface area contributed by atoms with Crippen LogP contribution in [0, 0.1) is 11.3 Å². The molecule has 6 heteroatoms. The molecule has 0 saturated carbocycles. The van der Waals surface area contributed by atoms with Crippen molar-refractivity contribution in [2.75, 3.05) is 6.54 Å². The fourth-order valence-corrected chi connectivity index (χ4v) is 2.21. The molecule has 0 aromatic heterocycles. The molecule has 0 unspecified atom stereocenters. The zero-order valence-corrected chi connectivity index (χ0v) is 10.6. The topological polar surface area (TPSA) is 98.5 Å². The maximum Gasteiger partial charge on any atom is 0.326 e. The lowest BCUT2D eigenvalue weighted by molar-refractivity contribution is -0.148. The molecule has 0 spiro atoms. The lowest BCUT2D eigenvalue weighted by Gasteiger charge is -2.23. The maximum absolute atomic E-state index is 11.6. The van der Waals surface area contributed by atoms with E-state index in [9.17, 15) is 19.5 Å². The highest BCUT2D eigenvalue weighted by molar-refractivity contribution is 6.06. The first-order valence-electron chi connectivity index (χ1n) is 6.04. The van der Waals surface area contributed by atoms with Gasteiger partial charge in [-0.05, 0) is 17.7 Å². The van der Waals surface area contributed by atoms with Crippen molar-refractivity contribution in [2.24, 2.45) is 0 Å². The number of rotatable bonds is 4. The Kier molecular flexibility index (Phi) is 3.80. The average Bonchev–Trinajstić information content (AvgIpc) is 2.74. The Balaban J connectivity index is 2.22. The van der Waals surface area contributed by atoms with Gasteiger partial charge in [0.2, 0.25) is 5.91 Å². The predicted octanol–water partition coefficient (Wildman–Crippen LogP) is 0.355. The van der Waals surface area contributed by atoms with E-state index in [1.807, 2.05) is 6.07 Å². The van der Waals surface area contributed by atoms with Gasteiger partial charge in [-0.2, -0.15) is 5.26 Å². The van der Waals surface area contributed by atoms with Crippen LogP contribution in [0.2, 0.25) is 0 Å². The van der Waals surface area contributed by atoms with Crippen molar-refractivity contribution in [2.45, 2.75) is 18.9 Å². The number of carboxylic acids is 1. The van der Waals surface area contributed by atoms with Gasteiger partial charge in [0, 0.05) is 6.42 Å². The molecule has 2 rings (SSSR count). The molecule has 0 aliphatic carbocycles. The zero-order chi connectivity index (χ0) is 14.7. The Morgan fingerprint density at radius 3 is 2.75 bits per heavy atom. The summed E-state index contributed by atoms with van der Waals surface area (Å²) in [5.41, 5.74) is 1.07. The molecule has 1 fully saturated rings. The minimum Gasteiger partial charge on any atom is -0.480 e. The van der Waals surface area contributed by atoms with Crippen LogP contribution < -0.4 is 0 Å². The second-order valence-corrected chi connectivity index (χ2v) is 4.61. The quantitative estimate of drug-likeness (QED) is 0.798. The summed E-state index contributed by atoms with van der Waals surface area (Å²) in [6, 6.07) is 7.44. The number of carboxylic acid groups (broad SMARTS) is 1. The van der Waals surface area contributed by atoms with Gasteiger partial charge in [0.05, 0.1) is 24.6 Å². The number of aliphatic carboxylic acids is 1. The monoisotopic (exact) mass is 272 g/mol. The fraction of sp³-hybridized carbons (Fsp3) is 0.286. The molecule has 20 heavy (non-hydrogen) atoms. The second kappa shape index (κ2) is 5.53. The van der Waals surface area contributed by atoms with Crippen molar-refractivity contribution in [1.29, 1.82) is 5.26 Å². The van der Waals surface area contributed by atoms with Crippen LogP contribution in [0.25, 0.3) is 0 Å². The summed E-state index contributed by atoms with van der Waals surface area (Å²) in [6.45, 7) is -0.159. The molecule has 1 aliphatic heterocycles. The predicted molar refractivity (Wildman–Crippen MR) is 67.6 cm³/mol. The van der Waals surface area contributed by atoms with E-state index in [2.05, 4.69) is 0 Å². The van der Waals surface area contributed by atoms with Gasteiger partial charge in [-0.1, -0.05) is 12.1 Å². The molecule has 1 aromatic carbocycles. The number of benzene rings is 1. The molecule has 1 saturated heterocycles. The third-order valence-electron chi connectivity index (χ3n) is 3.16. The Morgan fingerprint density at radius 1 is 1.45 bits per heavy atom. The van der Waals surface area contributed by atoms with Gasteiger partial charge in [-0.15, -0.1) is 0 Å². The first-order chi connectivity index (χ1) is 9.51. The molecule has 1 aromatic rings. The summed E-state index contributed by atoms with van der Waals surface area (Å²) >= 11 is 0. The van der Waals surface area contributed by atoms with Crippen LogP contribution in [0.5, 0.6) is 0 Å². The van der Waals surface area contributed by atoms with Crippen LogP contribution in [0.4, 0.5) is 0 Å². The number of nitrogens with zero attached hydrogens (tertiary/aromatic N) is 2. The van der Waals surface area contributed by atoms with Crippen LogP contribution in [-0.2, 0) is 20.8 Å². The third-order valence-corrected chi connectivity index (χ3v) is 3.16. The summed E-state index contributed by atoms with van der Waals surface area (Å²) < 4.78 is 0. The molecule has 102 valence electrons. The Morgan fingerprint density at radius 2 is 2.20 bits per heavy atom. The second-order valence-electron chi connectivity index (χ2n) is 4.61. The van der Waals surface area contributed by atoms with E-state index in [1.54, 1.807) is 24.3 Å². The van der Waals surface area contributed by atoms with Gasteiger partial charge >= 0.3 is 5.97 Å². The van der Waals surface area contributed by atoms with Crippen molar-refractivity contribution >= 4 is 17.7 Å². The zero-order valence-electron chi connectivity index (χ0n) is 10.6. The number of nitriles is 1. The molecule has 0 bridgehead atoms. The lowest BCUT2D eigenvalue weighted by Crippen LogP contribution is -2.43. The highest BCUT2D eigenvalue weighted by Crippen LogP contribution is 2.16.